The van der Waals surface area contributed by atoms with Gasteiger partial charge in [-0.1, -0.05) is 29.5 Å². The second kappa shape index (κ2) is 7.85. The monoisotopic (exact) mass is 466 g/mol. The van der Waals surface area contributed by atoms with Gasteiger partial charge in [-0.15, -0.1) is 11.3 Å². The Bertz CT molecular complexity index is 1380. The molecule has 6 nitrogen and oxygen atoms in total. The first kappa shape index (κ1) is 20.3. The molecule has 0 bridgehead atoms. The van der Waals surface area contributed by atoms with Crippen molar-refractivity contribution in [2.24, 2.45) is 0 Å². The number of fused-ring (bicyclic) bond motifs is 1. The molecular weight excluding hydrogens is 451 g/mol. The first-order chi connectivity index (χ1) is 15.5. The molecule has 0 spiro atoms. The van der Waals surface area contributed by atoms with Gasteiger partial charge >= 0.3 is 0 Å². The summed E-state index contributed by atoms with van der Waals surface area (Å²) in [5.74, 6) is -1.58. The molecule has 0 radical (unpaired) electrons. The van der Waals surface area contributed by atoms with E-state index in [4.69, 9.17) is 4.74 Å². The molecule has 9 heteroatoms. The Labute approximate surface area is 189 Å². The zero-order valence-corrected chi connectivity index (χ0v) is 18.2. The highest BCUT2D eigenvalue weighted by molar-refractivity contribution is 7.22. The number of carbonyl (C=O) groups is 2. The van der Waals surface area contributed by atoms with Crippen LogP contribution in [0.4, 0.5) is 9.52 Å². The average molecular weight is 467 g/mol. The number of Topliss-reactive ketones (excluding diaryl/α,β-unsaturated/α-hetero) is 1. The largest absolute Gasteiger partial charge is 0.503 e. The number of anilines is 1. The van der Waals surface area contributed by atoms with Crippen molar-refractivity contribution in [3.05, 3.63) is 87.6 Å². The number of rotatable bonds is 5. The number of thiophene rings is 1. The first-order valence-electron chi connectivity index (χ1n) is 9.53. The van der Waals surface area contributed by atoms with Crippen LogP contribution in [-0.2, 0) is 4.79 Å². The number of benzene rings is 2. The van der Waals surface area contributed by atoms with Gasteiger partial charge in [0.05, 0.1) is 33.8 Å². The van der Waals surface area contributed by atoms with Gasteiger partial charge in [-0.05, 0) is 47.3 Å². The Morgan fingerprint density at radius 3 is 2.66 bits per heavy atom. The van der Waals surface area contributed by atoms with Crippen LogP contribution in [0.2, 0.25) is 0 Å². The summed E-state index contributed by atoms with van der Waals surface area (Å²) in [6.07, 6.45) is 0. The maximum Gasteiger partial charge on any atom is 0.296 e. The summed E-state index contributed by atoms with van der Waals surface area (Å²) >= 11 is 2.34. The summed E-state index contributed by atoms with van der Waals surface area (Å²) in [4.78, 5) is 32.6. The van der Waals surface area contributed by atoms with Crippen molar-refractivity contribution in [2.45, 2.75) is 6.04 Å². The molecule has 1 atom stereocenters. The van der Waals surface area contributed by atoms with Gasteiger partial charge in [-0.3, -0.25) is 14.5 Å². The van der Waals surface area contributed by atoms with Crippen LogP contribution < -0.4 is 9.64 Å². The van der Waals surface area contributed by atoms with E-state index < -0.39 is 29.3 Å². The van der Waals surface area contributed by atoms with Crippen LogP contribution in [0.1, 0.15) is 21.3 Å². The zero-order chi connectivity index (χ0) is 22.4. The summed E-state index contributed by atoms with van der Waals surface area (Å²) in [7, 11) is 1.54. The van der Waals surface area contributed by atoms with Gasteiger partial charge in [0.2, 0.25) is 5.78 Å². The van der Waals surface area contributed by atoms with E-state index in [-0.39, 0.29) is 10.7 Å². The quantitative estimate of drug-likeness (QED) is 0.405. The molecule has 1 amide bonds. The Hall–Kier alpha value is -3.56. The highest BCUT2D eigenvalue weighted by atomic mass is 32.1. The Balaban J connectivity index is 1.67. The van der Waals surface area contributed by atoms with Crippen molar-refractivity contribution in [1.82, 2.24) is 4.98 Å². The van der Waals surface area contributed by atoms with Crippen molar-refractivity contribution in [2.75, 3.05) is 12.0 Å². The van der Waals surface area contributed by atoms with E-state index in [9.17, 15) is 19.1 Å². The number of thiazole rings is 1. The third kappa shape index (κ3) is 3.26. The second-order valence-electron chi connectivity index (χ2n) is 7.03. The SMILES string of the molecule is COc1ccc([C@@H]2C(C(=O)c3cccs3)=C(O)C(=O)N2c2nc3ccc(F)cc3s2)cc1. The number of amides is 1. The number of nitrogens with zero attached hydrogens (tertiary/aromatic N) is 2. The van der Waals surface area contributed by atoms with Crippen LogP contribution in [0.15, 0.2) is 71.3 Å². The van der Waals surface area contributed by atoms with Crippen LogP contribution in [0.3, 0.4) is 0 Å². The van der Waals surface area contributed by atoms with Gasteiger partial charge in [0.25, 0.3) is 5.91 Å². The van der Waals surface area contributed by atoms with Gasteiger partial charge < -0.3 is 9.84 Å². The van der Waals surface area contributed by atoms with Crippen molar-refractivity contribution >= 4 is 49.7 Å². The van der Waals surface area contributed by atoms with Crippen molar-refractivity contribution in [3.63, 3.8) is 0 Å². The minimum absolute atomic E-state index is 0.0203. The lowest BCUT2D eigenvalue weighted by Crippen LogP contribution is -2.30. The van der Waals surface area contributed by atoms with Gasteiger partial charge in [0.1, 0.15) is 11.6 Å². The number of aliphatic hydroxyl groups excluding tert-OH is 1. The number of carbonyl (C=O) groups excluding carboxylic acids is 2. The van der Waals surface area contributed by atoms with E-state index in [0.29, 0.717) is 26.4 Å². The van der Waals surface area contributed by atoms with E-state index in [1.165, 1.54) is 41.5 Å². The smallest absolute Gasteiger partial charge is 0.296 e. The minimum atomic E-state index is -0.895. The summed E-state index contributed by atoms with van der Waals surface area (Å²) in [5, 5.41) is 12.8. The fraction of sp³-hybridized carbons (Fsp3) is 0.0870. The van der Waals surface area contributed by atoms with Crippen LogP contribution in [0, 0.1) is 5.82 Å². The number of ether oxygens (including phenoxy) is 1. The first-order valence-corrected chi connectivity index (χ1v) is 11.2. The standard InChI is InChI=1S/C23H15FN2O4S2/c1-30-14-7-4-12(5-8-14)19-18(20(27)16-3-2-10-31-16)21(28)22(29)26(19)23-25-15-9-6-13(24)11-17(15)32-23/h2-11,19,28H,1H3/t19-/m1/s1. The topological polar surface area (TPSA) is 79.7 Å². The van der Waals surface area contributed by atoms with Crippen molar-refractivity contribution < 1.29 is 23.8 Å². The minimum Gasteiger partial charge on any atom is -0.503 e. The third-order valence-electron chi connectivity index (χ3n) is 5.17. The summed E-state index contributed by atoms with van der Waals surface area (Å²) in [5.41, 5.74) is 1.10. The number of hydrogen-bond donors (Lipinski definition) is 1. The maximum atomic E-state index is 13.7. The van der Waals surface area contributed by atoms with Crippen LogP contribution in [0.5, 0.6) is 5.75 Å². The number of ketones is 1. The number of hydrogen-bond acceptors (Lipinski definition) is 7. The fourth-order valence-corrected chi connectivity index (χ4v) is 5.36. The average Bonchev–Trinajstić information content (AvgIpc) is 3.52. The second-order valence-corrected chi connectivity index (χ2v) is 8.98. The highest BCUT2D eigenvalue weighted by Crippen LogP contribution is 2.44. The Morgan fingerprint density at radius 1 is 1.19 bits per heavy atom. The van der Waals surface area contributed by atoms with Crippen LogP contribution in [0.25, 0.3) is 10.2 Å². The van der Waals surface area contributed by atoms with Gasteiger partial charge in [-0.25, -0.2) is 9.37 Å². The van der Waals surface area contributed by atoms with E-state index in [0.717, 1.165) is 11.3 Å². The maximum absolute atomic E-state index is 13.7. The normalized spacial score (nSPS) is 16.2. The number of aliphatic hydroxyl groups is 1. The molecule has 1 aliphatic rings. The molecule has 160 valence electrons. The molecule has 2 aromatic heterocycles. The third-order valence-corrected chi connectivity index (χ3v) is 7.06. The predicted molar refractivity (Wildman–Crippen MR) is 121 cm³/mol. The summed E-state index contributed by atoms with van der Waals surface area (Å²) in [6, 6.07) is 13.5. The molecule has 3 heterocycles. The molecule has 0 aliphatic carbocycles. The molecule has 5 rings (SSSR count). The van der Waals surface area contributed by atoms with Crippen LogP contribution in [-0.4, -0.2) is 28.9 Å². The number of methoxy groups -OCH3 is 1. The summed E-state index contributed by atoms with van der Waals surface area (Å²) in [6.45, 7) is 0. The Morgan fingerprint density at radius 2 is 1.97 bits per heavy atom. The molecule has 1 aliphatic heterocycles. The molecular formula is C23H15FN2O4S2. The lowest BCUT2D eigenvalue weighted by molar-refractivity contribution is -0.117. The van der Waals surface area contributed by atoms with Gasteiger partial charge in [0.15, 0.2) is 10.9 Å². The van der Waals surface area contributed by atoms with Gasteiger partial charge in [-0.2, -0.15) is 0 Å². The zero-order valence-electron chi connectivity index (χ0n) is 16.6. The molecule has 0 saturated carbocycles. The number of halogens is 1. The molecule has 0 fully saturated rings. The van der Waals surface area contributed by atoms with Crippen LogP contribution >= 0.6 is 22.7 Å². The molecule has 4 aromatic rings. The van der Waals surface area contributed by atoms with Gasteiger partial charge in [0, 0.05) is 0 Å². The van der Waals surface area contributed by atoms with E-state index in [1.807, 2.05) is 0 Å². The number of aromatic nitrogens is 1. The molecule has 0 saturated heterocycles. The van der Waals surface area contributed by atoms with Crippen molar-refractivity contribution in [1.29, 1.82) is 0 Å². The summed E-state index contributed by atoms with van der Waals surface area (Å²) < 4.78 is 19.5. The Kier molecular flexibility index (Phi) is 4.99. The molecule has 1 N–H and O–H groups in total. The van der Waals surface area contributed by atoms with Crippen molar-refractivity contribution in [3.8, 4) is 5.75 Å². The lowest BCUT2D eigenvalue weighted by atomic mass is 9.95. The molecule has 32 heavy (non-hydrogen) atoms. The van der Waals surface area contributed by atoms with E-state index in [2.05, 4.69) is 4.98 Å². The lowest BCUT2D eigenvalue weighted by Gasteiger charge is -2.24. The molecule has 2 aromatic carbocycles. The predicted octanol–water partition coefficient (Wildman–Crippen LogP) is 5.29. The molecule has 0 unspecified atom stereocenters. The van der Waals surface area contributed by atoms with E-state index >= 15 is 0 Å². The highest BCUT2D eigenvalue weighted by Gasteiger charge is 2.46. The van der Waals surface area contributed by atoms with E-state index in [1.54, 1.807) is 41.8 Å². The fourth-order valence-electron chi connectivity index (χ4n) is 3.67.